The largest absolute Gasteiger partial charge is 0.496 e. The summed E-state index contributed by atoms with van der Waals surface area (Å²) in [6.07, 6.45) is 0.971. The van der Waals surface area contributed by atoms with Crippen molar-refractivity contribution in [1.82, 2.24) is 0 Å². The predicted octanol–water partition coefficient (Wildman–Crippen LogP) is 2.71. The molecule has 0 aliphatic carbocycles. The second-order valence-electron chi connectivity index (χ2n) is 4.13. The van der Waals surface area contributed by atoms with Gasteiger partial charge in [0.15, 0.2) is 0 Å². The summed E-state index contributed by atoms with van der Waals surface area (Å²) in [6, 6.07) is 3.44. The Labute approximate surface area is 108 Å². The maximum Gasteiger partial charge on any atom is 0.132 e. The Morgan fingerprint density at radius 1 is 1.06 bits per heavy atom. The molecule has 0 saturated carbocycles. The van der Waals surface area contributed by atoms with Crippen molar-refractivity contribution < 1.29 is 19.3 Å². The lowest BCUT2D eigenvalue weighted by molar-refractivity contribution is 0.215. The second kappa shape index (κ2) is 6.31. The number of benzene rings is 1. The lowest BCUT2D eigenvalue weighted by Gasteiger charge is -2.17. The summed E-state index contributed by atoms with van der Waals surface area (Å²) in [4.78, 5) is 0. The first-order valence-electron chi connectivity index (χ1n) is 5.66. The van der Waals surface area contributed by atoms with Crippen molar-refractivity contribution in [3.8, 4) is 17.2 Å². The van der Waals surface area contributed by atoms with Gasteiger partial charge in [0.25, 0.3) is 0 Å². The second-order valence-corrected chi connectivity index (χ2v) is 4.13. The van der Waals surface area contributed by atoms with Gasteiger partial charge in [0.1, 0.15) is 23.4 Å². The van der Waals surface area contributed by atoms with Crippen LogP contribution < -0.4 is 14.2 Å². The number of allylic oxidation sites excluding steroid dienone is 1. The number of methoxy groups -OCH3 is 3. The van der Waals surface area contributed by atoms with Crippen LogP contribution in [0, 0.1) is 0 Å². The van der Waals surface area contributed by atoms with Crippen LogP contribution in [0.5, 0.6) is 17.2 Å². The molecule has 0 bridgehead atoms. The molecule has 0 heterocycles. The van der Waals surface area contributed by atoms with E-state index in [-0.39, 0.29) is 0 Å². The van der Waals surface area contributed by atoms with Crippen molar-refractivity contribution in [3.63, 3.8) is 0 Å². The van der Waals surface area contributed by atoms with E-state index in [1.54, 1.807) is 39.5 Å². The Morgan fingerprint density at radius 2 is 1.56 bits per heavy atom. The van der Waals surface area contributed by atoms with Crippen LogP contribution in [-0.2, 0) is 0 Å². The number of ether oxygens (including phenoxy) is 3. The molecular formula is C14H20O4. The van der Waals surface area contributed by atoms with E-state index in [9.17, 15) is 5.11 Å². The Bertz CT molecular complexity index is 408. The van der Waals surface area contributed by atoms with E-state index in [1.807, 2.05) is 13.8 Å². The first-order chi connectivity index (χ1) is 8.53. The van der Waals surface area contributed by atoms with E-state index in [1.165, 1.54) is 0 Å². The molecule has 4 heteroatoms. The fourth-order valence-corrected chi connectivity index (χ4v) is 1.72. The fourth-order valence-electron chi connectivity index (χ4n) is 1.72. The highest BCUT2D eigenvalue weighted by molar-refractivity contribution is 5.52. The Hall–Kier alpha value is -1.68. The van der Waals surface area contributed by atoms with Crippen LogP contribution in [0.1, 0.15) is 25.5 Å². The molecule has 1 aromatic carbocycles. The Morgan fingerprint density at radius 3 is 1.89 bits per heavy atom. The first-order valence-corrected chi connectivity index (χ1v) is 5.66. The molecule has 0 saturated heterocycles. The van der Waals surface area contributed by atoms with Crippen LogP contribution in [0.2, 0.25) is 0 Å². The predicted molar refractivity (Wildman–Crippen MR) is 70.5 cm³/mol. The smallest absolute Gasteiger partial charge is 0.132 e. The molecule has 1 aromatic rings. The standard InChI is InChI=1S/C14H20O4/c1-9(2)6-11(15)14-12(17-4)7-10(16-3)8-13(14)18-5/h6-8,11,15H,1-5H3. The van der Waals surface area contributed by atoms with E-state index in [4.69, 9.17) is 14.2 Å². The highest BCUT2D eigenvalue weighted by atomic mass is 16.5. The molecule has 4 nitrogen and oxygen atoms in total. The van der Waals surface area contributed by atoms with Crippen LogP contribution in [0.25, 0.3) is 0 Å². The Kier molecular flexibility index (Phi) is 5.04. The molecule has 0 aromatic heterocycles. The van der Waals surface area contributed by atoms with Gasteiger partial charge in [-0.25, -0.2) is 0 Å². The van der Waals surface area contributed by atoms with Crippen LogP contribution >= 0.6 is 0 Å². The molecule has 1 N–H and O–H groups in total. The van der Waals surface area contributed by atoms with Gasteiger partial charge in [-0.1, -0.05) is 11.6 Å². The highest BCUT2D eigenvalue weighted by Gasteiger charge is 2.19. The maximum atomic E-state index is 10.2. The van der Waals surface area contributed by atoms with Gasteiger partial charge in [0.2, 0.25) is 0 Å². The molecule has 0 radical (unpaired) electrons. The van der Waals surface area contributed by atoms with Crippen molar-refractivity contribution in [2.24, 2.45) is 0 Å². The van der Waals surface area contributed by atoms with E-state index < -0.39 is 6.10 Å². The van der Waals surface area contributed by atoms with Gasteiger partial charge in [0.05, 0.1) is 26.9 Å². The van der Waals surface area contributed by atoms with Crippen molar-refractivity contribution in [1.29, 1.82) is 0 Å². The zero-order chi connectivity index (χ0) is 13.7. The number of aliphatic hydroxyl groups excluding tert-OH is 1. The van der Waals surface area contributed by atoms with Crippen molar-refractivity contribution >= 4 is 0 Å². The summed E-state index contributed by atoms with van der Waals surface area (Å²) < 4.78 is 15.7. The molecule has 100 valence electrons. The SMILES string of the molecule is COc1cc(OC)c(C(O)C=C(C)C)c(OC)c1. The summed E-state index contributed by atoms with van der Waals surface area (Å²) in [5.74, 6) is 1.70. The average Bonchev–Trinajstić information content (AvgIpc) is 2.35. The fraction of sp³-hybridized carbons (Fsp3) is 0.429. The van der Waals surface area contributed by atoms with Crippen molar-refractivity contribution in [2.75, 3.05) is 21.3 Å². The summed E-state index contributed by atoms with van der Waals surface area (Å²) in [5.41, 5.74) is 1.62. The topological polar surface area (TPSA) is 47.9 Å². The normalized spacial score (nSPS) is 11.7. The highest BCUT2D eigenvalue weighted by Crippen LogP contribution is 2.38. The quantitative estimate of drug-likeness (QED) is 0.818. The summed E-state index contributed by atoms with van der Waals surface area (Å²) in [5, 5.41) is 10.2. The summed E-state index contributed by atoms with van der Waals surface area (Å²) in [6.45, 7) is 3.84. The maximum absolute atomic E-state index is 10.2. The minimum atomic E-state index is -0.772. The van der Waals surface area contributed by atoms with E-state index >= 15 is 0 Å². The number of rotatable bonds is 5. The van der Waals surface area contributed by atoms with E-state index in [0.29, 0.717) is 22.8 Å². The van der Waals surface area contributed by atoms with Crippen molar-refractivity contribution in [3.05, 3.63) is 29.3 Å². The number of aliphatic hydroxyl groups is 1. The van der Waals surface area contributed by atoms with Crippen molar-refractivity contribution in [2.45, 2.75) is 20.0 Å². The van der Waals surface area contributed by atoms with Gasteiger partial charge < -0.3 is 19.3 Å². The number of hydrogen-bond acceptors (Lipinski definition) is 4. The van der Waals surface area contributed by atoms with Crippen LogP contribution in [0.4, 0.5) is 0 Å². The molecule has 18 heavy (non-hydrogen) atoms. The molecule has 1 unspecified atom stereocenters. The molecule has 0 spiro atoms. The van der Waals surface area contributed by atoms with Gasteiger partial charge in [-0.2, -0.15) is 0 Å². The van der Waals surface area contributed by atoms with Gasteiger partial charge >= 0.3 is 0 Å². The van der Waals surface area contributed by atoms with Gasteiger partial charge in [-0.05, 0) is 13.8 Å². The molecule has 0 fully saturated rings. The first kappa shape index (κ1) is 14.4. The molecule has 1 atom stereocenters. The summed E-state index contributed by atoms with van der Waals surface area (Å²) in [7, 11) is 4.67. The molecule has 0 aliphatic rings. The third kappa shape index (κ3) is 3.17. The van der Waals surface area contributed by atoms with Gasteiger partial charge in [0, 0.05) is 12.1 Å². The zero-order valence-corrected chi connectivity index (χ0v) is 11.5. The minimum Gasteiger partial charge on any atom is -0.496 e. The third-order valence-corrected chi connectivity index (χ3v) is 2.54. The molecule has 0 aliphatic heterocycles. The molecular weight excluding hydrogens is 232 g/mol. The zero-order valence-electron chi connectivity index (χ0n) is 11.5. The minimum absolute atomic E-state index is 0.538. The average molecular weight is 252 g/mol. The molecule has 1 rings (SSSR count). The molecule has 0 amide bonds. The number of hydrogen-bond donors (Lipinski definition) is 1. The van der Waals surface area contributed by atoms with Crippen LogP contribution in [0.15, 0.2) is 23.8 Å². The van der Waals surface area contributed by atoms with Crippen LogP contribution in [0.3, 0.4) is 0 Å². The summed E-state index contributed by atoms with van der Waals surface area (Å²) >= 11 is 0. The monoisotopic (exact) mass is 252 g/mol. The van der Waals surface area contributed by atoms with Gasteiger partial charge in [-0.3, -0.25) is 0 Å². The van der Waals surface area contributed by atoms with E-state index in [2.05, 4.69) is 0 Å². The van der Waals surface area contributed by atoms with Crippen LogP contribution in [-0.4, -0.2) is 26.4 Å². The van der Waals surface area contributed by atoms with E-state index in [0.717, 1.165) is 5.57 Å². The lowest BCUT2D eigenvalue weighted by Crippen LogP contribution is -2.03. The van der Waals surface area contributed by atoms with Gasteiger partial charge in [-0.15, -0.1) is 0 Å². The Balaban J connectivity index is 3.35. The lowest BCUT2D eigenvalue weighted by atomic mass is 10.0. The third-order valence-electron chi connectivity index (χ3n) is 2.54.